The fraction of sp³-hybridized carbons (Fsp3) is 0.320. The van der Waals surface area contributed by atoms with Gasteiger partial charge in [-0.3, -0.25) is 9.59 Å². The monoisotopic (exact) mass is 561 g/mol. The molecule has 1 saturated heterocycles. The molecule has 1 aliphatic rings. The summed E-state index contributed by atoms with van der Waals surface area (Å²) >= 11 is 6.01. The highest BCUT2D eigenvalue weighted by molar-refractivity contribution is 6.33. The molecule has 0 spiro atoms. The number of fused-ring (bicyclic) bond motifs is 1. The number of nitrogens with one attached hydrogen (secondary N) is 2. The van der Waals surface area contributed by atoms with Gasteiger partial charge in [-0.25, -0.2) is 4.98 Å². The summed E-state index contributed by atoms with van der Waals surface area (Å²) in [5.74, 6) is 0.0705. The molecular formula is C25H23ClF3N7O3. The molecule has 14 heteroatoms. The summed E-state index contributed by atoms with van der Waals surface area (Å²) in [5, 5.41) is 9.97. The number of aromatic nitrogens is 5. The first kappa shape index (κ1) is 26.6. The van der Waals surface area contributed by atoms with Crippen molar-refractivity contribution in [2.75, 3.05) is 25.5 Å². The Balaban J connectivity index is 1.52. The average molecular weight is 562 g/mol. The summed E-state index contributed by atoms with van der Waals surface area (Å²) in [6.45, 7) is 1.19. The molecule has 0 bridgehead atoms. The molecule has 0 atom stereocenters. The van der Waals surface area contributed by atoms with E-state index in [2.05, 4.69) is 25.7 Å². The molecule has 0 aliphatic carbocycles. The van der Waals surface area contributed by atoms with Crippen molar-refractivity contribution in [2.24, 2.45) is 0 Å². The Labute approximate surface area is 224 Å². The van der Waals surface area contributed by atoms with E-state index in [0.29, 0.717) is 17.0 Å². The van der Waals surface area contributed by atoms with Crippen molar-refractivity contribution in [3.63, 3.8) is 0 Å². The van der Waals surface area contributed by atoms with Crippen molar-refractivity contribution < 1.29 is 22.7 Å². The Hall–Kier alpha value is -3.97. The number of alkyl halides is 3. The zero-order valence-electron chi connectivity index (χ0n) is 20.6. The predicted molar refractivity (Wildman–Crippen MR) is 137 cm³/mol. The summed E-state index contributed by atoms with van der Waals surface area (Å²) < 4.78 is 46.8. The number of anilines is 1. The van der Waals surface area contributed by atoms with Crippen LogP contribution in [0.5, 0.6) is 5.88 Å². The Bertz CT molecular complexity index is 1600. The van der Waals surface area contributed by atoms with E-state index in [-0.39, 0.29) is 40.3 Å². The van der Waals surface area contributed by atoms with Crippen molar-refractivity contribution in [3.05, 3.63) is 69.2 Å². The van der Waals surface area contributed by atoms with Crippen molar-refractivity contribution in [2.45, 2.75) is 31.5 Å². The number of piperidine rings is 1. The van der Waals surface area contributed by atoms with E-state index in [4.69, 9.17) is 16.3 Å². The number of hydrogen-bond acceptors (Lipinski definition) is 7. The molecule has 1 aliphatic heterocycles. The standard InChI is InChI=1S/C25H23ClF3N7O3/c1-39-21-10-15(6-9-31-21)22-33-24-35(12-17(23(38)36(24)34-22)14-4-7-30-8-5-14)13-20(37)32-19-3-2-16(11-18(19)26)25(27,28)29/h2-3,6,9-12,14,30H,4-5,7-8,13H2,1H3,(H,32,37). The lowest BCUT2D eigenvalue weighted by atomic mass is 9.92. The smallest absolute Gasteiger partial charge is 0.416 e. The van der Waals surface area contributed by atoms with E-state index in [1.165, 1.54) is 17.9 Å². The van der Waals surface area contributed by atoms with Crippen molar-refractivity contribution in [3.8, 4) is 17.3 Å². The Morgan fingerprint density at radius 3 is 2.69 bits per heavy atom. The first-order valence-corrected chi connectivity index (χ1v) is 12.4. The summed E-state index contributed by atoms with van der Waals surface area (Å²) in [6.07, 6.45) is 0.0261. The first-order valence-electron chi connectivity index (χ1n) is 12.0. The summed E-state index contributed by atoms with van der Waals surface area (Å²) in [5.41, 5.74) is -0.188. The van der Waals surface area contributed by atoms with Crippen LogP contribution in [-0.4, -0.2) is 50.3 Å². The van der Waals surface area contributed by atoms with Gasteiger partial charge < -0.3 is 19.9 Å². The Morgan fingerprint density at radius 1 is 1.23 bits per heavy atom. The molecule has 3 aromatic heterocycles. The van der Waals surface area contributed by atoms with Crippen LogP contribution in [0.25, 0.3) is 17.2 Å². The number of rotatable bonds is 6. The molecule has 5 rings (SSSR count). The van der Waals surface area contributed by atoms with Crippen LogP contribution in [0.15, 0.2) is 47.5 Å². The molecule has 204 valence electrons. The second-order valence-corrected chi connectivity index (χ2v) is 9.42. The number of ether oxygens (including phenoxy) is 1. The van der Waals surface area contributed by atoms with Crippen LogP contribution in [0.2, 0.25) is 5.02 Å². The number of hydrogen-bond donors (Lipinski definition) is 2. The molecular weight excluding hydrogens is 539 g/mol. The highest BCUT2D eigenvalue weighted by Gasteiger charge is 2.31. The maximum absolute atomic E-state index is 13.5. The van der Waals surface area contributed by atoms with Gasteiger partial charge in [-0.2, -0.15) is 22.7 Å². The van der Waals surface area contributed by atoms with Gasteiger partial charge in [-0.1, -0.05) is 11.6 Å². The minimum Gasteiger partial charge on any atom is -0.481 e. The molecule has 0 unspecified atom stereocenters. The normalized spacial score (nSPS) is 14.5. The van der Waals surface area contributed by atoms with Crippen LogP contribution in [0.4, 0.5) is 18.9 Å². The Kier molecular flexibility index (Phi) is 7.28. The lowest BCUT2D eigenvalue weighted by Gasteiger charge is -2.23. The largest absolute Gasteiger partial charge is 0.481 e. The number of benzene rings is 1. The summed E-state index contributed by atoms with van der Waals surface area (Å²) in [6, 6.07) is 5.96. The van der Waals surface area contributed by atoms with Crippen LogP contribution >= 0.6 is 11.6 Å². The van der Waals surface area contributed by atoms with Gasteiger partial charge in [0.15, 0.2) is 5.82 Å². The SMILES string of the molecule is COc1cc(-c2nc3n(CC(=O)Nc4ccc(C(F)(F)F)cc4Cl)cc(C4CCNCC4)c(=O)n3n2)ccn1. The fourth-order valence-corrected chi connectivity index (χ4v) is 4.71. The van der Waals surface area contributed by atoms with Gasteiger partial charge in [0, 0.05) is 29.6 Å². The van der Waals surface area contributed by atoms with Gasteiger partial charge >= 0.3 is 6.18 Å². The van der Waals surface area contributed by atoms with E-state index in [0.717, 1.165) is 48.6 Å². The molecule has 0 saturated carbocycles. The molecule has 4 heterocycles. The number of pyridine rings is 1. The summed E-state index contributed by atoms with van der Waals surface area (Å²) in [7, 11) is 1.47. The van der Waals surface area contributed by atoms with Crippen molar-refractivity contribution >= 4 is 29.0 Å². The van der Waals surface area contributed by atoms with Crippen LogP contribution < -0.4 is 20.9 Å². The number of methoxy groups -OCH3 is 1. The van der Waals surface area contributed by atoms with Crippen molar-refractivity contribution in [1.82, 2.24) is 29.5 Å². The quantitative estimate of drug-likeness (QED) is 0.368. The number of nitrogens with zero attached hydrogens (tertiary/aromatic N) is 5. The molecule has 1 amide bonds. The van der Waals surface area contributed by atoms with Crippen LogP contribution in [-0.2, 0) is 17.5 Å². The third kappa shape index (κ3) is 5.59. The first-order chi connectivity index (χ1) is 18.6. The highest BCUT2D eigenvalue weighted by Crippen LogP contribution is 2.34. The number of amides is 1. The van der Waals surface area contributed by atoms with Gasteiger partial charge in [-0.15, -0.1) is 5.10 Å². The minimum atomic E-state index is -4.57. The number of halogens is 4. The molecule has 4 aromatic rings. The third-order valence-corrected chi connectivity index (χ3v) is 6.76. The zero-order valence-corrected chi connectivity index (χ0v) is 21.4. The lowest BCUT2D eigenvalue weighted by molar-refractivity contribution is -0.137. The topological polar surface area (TPSA) is 115 Å². The van der Waals surface area contributed by atoms with Crippen LogP contribution in [0.1, 0.15) is 29.9 Å². The molecule has 2 N–H and O–H groups in total. The van der Waals surface area contributed by atoms with E-state index in [1.54, 1.807) is 18.3 Å². The lowest BCUT2D eigenvalue weighted by Crippen LogP contribution is -2.32. The molecule has 39 heavy (non-hydrogen) atoms. The maximum atomic E-state index is 13.5. The molecule has 0 radical (unpaired) electrons. The van der Waals surface area contributed by atoms with E-state index < -0.39 is 17.6 Å². The minimum absolute atomic E-state index is 0.0244. The third-order valence-electron chi connectivity index (χ3n) is 6.45. The number of carbonyl (C=O) groups is 1. The zero-order chi connectivity index (χ0) is 27.7. The molecule has 1 aromatic carbocycles. The maximum Gasteiger partial charge on any atom is 0.416 e. The van der Waals surface area contributed by atoms with Gasteiger partial charge in [0.05, 0.1) is 23.4 Å². The Morgan fingerprint density at radius 2 is 2.00 bits per heavy atom. The fourth-order valence-electron chi connectivity index (χ4n) is 4.48. The second kappa shape index (κ2) is 10.7. The highest BCUT2D eigenvalue weighted by atomic mass is 35.5. The van der Waals surface area contributed by atoms with Gasteiger partial charge in [-0.05, 0) is 56.1 Å². The predicted octanol–water partition coefficient (Wildman–Crippen LogP) is 3.74. The second-order valence-electron chi connectivity index (χ2n) is 9.02. The van der Waals surface area contributed by atoms with Crippen LogP contribution in [0.3, 0.4) is 0 Å². The van der Waals surface area contributed by atoms with Gasteiger partial charge in [0.1, 0.15) is 6.54 Å². The van der Waals surface area contributed by atoms with E-state index >= 15 is 0 Å². The number of carbonyl (C=O) groups excluding carboxylic acids is 1. The average Bonchev–Trinajstić information content (AvgIpc) is 3.38. The van der Waals surface area contributed by atoms with Crippen LogP contribution in [0, 0.1) is 0 Å². The van der Waals surface area contributed by atoms with E-state index in [9.17, 15) is 22.8 Å². The molecule has 10 nitrogen and oxygen atoms in total. The van der Waals surface area contributed by atoms with E-state index in [1.807, 2.05) is 0 Å². The summed E-state index contributed by atoms with van der Waals surface area (Å²) in [4.78, 5) is 35.1. The molecule has 1 fully saturated rings. The van der Waals surface area contributed by atoms with Crippen molar-refractivity contribution in [1.29, 1.82) is 0 Å². The van der Waals surface area contributed by atoms with Gasteiger partial charge in [0.25, 0.3) is 5.56 Å². The van der Waals surface area contributed by atoms with Gasteiger partial charge in [0.2, 0.25) is 17.6 Å².